The summed E-state index contributed by atoms with van der Waals surface area (Å²) in [4.78, 5) is 22.9. The summed E-state index contributed by atoms with van der Waals surface area (Å²) in [6.07, 6.45) is 4.71. The van der Waals surface area contributed by atoms with Crippen LogP contribution >= 0.6 is 0 Å². The molecule has 0 aliphatic carbocycles. The van der Waals surface area contributed by atoms with Crippen molar-refractivity contribution in [2.24, 2.45) is 4.99 Å². The van der Waals surface area contributed by atoms with Gasteiger partial charge in [-0.15, -0.1) is 0 Å². The Labute approximate surface area is 78.6 Å². The van der Waals surface area contributed by atoms with Crippen LogP contribution in [0.3, 0.4) is 0 Å². The molecule has 0 unspecified atom stereocenters. The smallest absolute Gasteiger partial charge is 0.267 e. The SMILES string of the molecule is O=C1C=c2cc3ncncc3cc2=N1. The lowest BCUT2D eigenvalue weighted by atomic mass is 10.2. The Morgan fingerprint density at radius 1 is 1.21 bits per heavy atom. The summed E-state index contributed by atoms with van der Waals surface area (Å²) in [6.45, 7) is 0. The van der Waals surface area contributed by atoms with Gasteiger partial charge in [0.25, 0.3) is 5.91 Å². The topological polar surface area (TPSA) is 55.2 Å². The number of benzene rings is 1. The maximum Gasteiger partial charge on any atom is 0.270 e. The molecule has 2 aromatic rings. The zero-order valence-electron chi connectivity index (χ0n) is 7.14. The minimum atomic E-state index is -0.205. The molecular weight excluding hydrogens is 178 g/mol. The van der Waals surface area contributed by atoms with Gasteiger partial charge in [-0.25, -0.2) is 15.0 Å². The van der Waals surface area contributed by atoms with Crippen molar-refractivity contribution in [3.05, 3.63) is 35.2 Å². The molecule has 1 aliphatic rings. The second-order valence-electron chi connectivity index (χ2n) is 3.09. The molecule has 4 nitrogen and oxygen atoms in total. The highest BCUT2D eigenvalue weighted by molar-refractivity contribution is 6.06. The lowest BCUT2D eigenvalue weighted by molar-refractivity contribution is -0.112. The average Bonchev–Trinajstić information content (AvgIpc) is 2.53. The predicted molar refractivity (Wildman–Crippen MR) is 49.8 cm³/mol. The molecule has 3 rings (SSSR count). The van der Waals surface area contributed by atoms with Crippen molar-refractivity contribution in [1.82, 2.24) is 9.97 Å². The van der Waals surface area contributed by atoms with Crippen LogP contribution in [0.2, 0.25) is 0 Å². The Bertz CT molecular complexity index is 604. The Balaban J connectivity index is 2.56. The molecule has 0 saturated carbocycles. The van der Waals surface area contributed by atoms with E-state index in [0.717, 1.165) is 16.1 Å². The lowest BCUT2D eigenvalue weighted by Crippen LogP contribution is -2.20. The van der Waals surface area contributed by atoms with Gasteiger partial charge in [-0.05, 0) is 12.1 Å². The lowest BCUT2D eigenvalue weighted by Gasteiger charge is -1.92. The summed E-state index contributed by atoms with van der Waals surface area (Å²) in [6, 6.07) is 3.67. The molecular formula is C10H5N3O. The number of hydrogen-bond acceptors (Lipinski definition) is 3. The van der Waals surface area contributed by atoms with Crippen molar-refractivity contribution < 1.29 is 4.79 Å². The summed E-state index contributed by atoms with van der Waals surface area (Å²) in [5.41, 5.74) is 0.833. The highest BCUT2D eigenvalue weighted by Crippen LogP contribution is 2.03. The number of hydrogen-bond donors (Lipinski definition) is 0. The van der Waals surface area contributed by atoms with E-state index in [1.165, 1.54) is 12.4 Å². The molecule has 0 radical (unpaired) electrons. The molecule has 1 aromatic heterocycles. The number of amides is 1. The fourth-order valence-electron chi connectivity index (χ4n) is 1.53. The molecule has 0 bridgehead atoms. The first-order valence-electron chi connectivity index (χ1n) is 4.17. The van der Waals surface area contributed by atoms with Gasteiger partial charge in [0.2, 0.25) is 0 Å². The molecule has 1 aromatic carbocycles. The van der Waals surface area contributed by atoms with Gasteiger partial charge in [0.1, 0.15) is 6.33 Å². The summed E-state index contributed by atoms with van der Waals surface area (Å²) in [5, 5.41) is 2.44. The van der Waals surface area contributed by atoms with E-state index in [4.69, 9.17) is 0 Å². The average molecular weight is 183 g/mol. The van der Waals surface area contributed by atoms with E-state index in [1.807, 2.05) is 12.1 Å². The first-order valence-corrected chi connectivity index (χ1v) is 4.17. The molecule has 14 heavy (non-hydrogen) atoms. The van der Waals surface area contributed by atoms with Crippen LogP contribution in [0.4, 0.5) is 0 Å². The Kier molecular flexibility index (Phi) is 1.28. The molecule has 4 heteroatoms. The van der Waals surface area contributed by atoms with Crippen molar-refractivity contribution >= 4 is 22.9 Å². The van der Waals surface area contributed by atoms with Crippen molar-refractivity contribution in [1.29, 1.82) is 0 Å². The van der Waals surface area contributed by atoms with Crippen LogP contribution in [0.1, 0.15) is 0 Å². The Morgan fingerprint density at radius 3 is 3.07 bits per heavy atom. The van der Waals surface area contributed by atoms with Crippen LogP contribution in [-0.2, 0) is 4.79 Å². The second-order valence-corrected chi connectivity index (χ2v) is 3.09. The molecule has 0 atom stereocenters. The number of carbonyl (C=O) groups excluding carboxylic acids is 1. The highest BCUT2D eigenvalue weighted by Gasteiger charge is 2.04. The Hall–Kier alpha value is -2.10. The molecule has 2 heterocycles. The normalized spacial score (nSPS) is 13.6. The van der Waals surface area contributed by atoms with Gasteiger partial charge in [0.15, 0.2) is 0 Å². The number of aromatic nitrogens is 2. The molecule has 0 N–H and O–H groups in total. The molecule has 1 amide bonds. The van der Waals surface area contributed by atoms with Gasteiger partial charge < -0.3 is 0 Å². The van der Waals surface area contributed by atoms with Crippen molar-refractivity contribution in [3.8, 4) is 0 Å². The van der Waals surface area contributed by atoms with Crippen LogP contribution in [0.15, 0.2) is 29.6 Å². The van der Waals surface area contributed by atoms with Crippen LogP contribution in [0.25, 0.3) is 17.0 Å². The number of nitrogens with zero attached hydrogens (tertiary/aromatic N) is 3. The maximum absolute atomic E-state index is 11.0. The minimum Gasteiger partial charge on any atom is -0.267 e. The first kappa shape index (κ1) is 7.32. The van der Waals surface area contributed by atoms with Gasteiger partial charge in [-0.3, -0.25) is 4.79 Å². The maximum atomic E-state index is 11.0. The van der Waals surface area contributed by atoms with Gasteiger partial charge in [0, 0.05) is 22.9 Å². The van der Waals surface area contributed by atoms with E-state index < -0.39 is 0 Å². The van der Waals surface area contributed by atoms with E-state index >= 15 is 0 Å². The first-order chi connectivity index (χ1) is 6.83. The highest BCUT2D eigenvalue weighted by atomic mass is 16.1. The van der Waals surface area contributed by atoms with E-state index in [1.54, 1.807) is 6.20 Å². The Morgan fingerprint density at radius 2 is 2.14 bits per heavy atom. The third-order valence-corrected chi connectivity index (χ3v) is 2.16. The molecule has 66 valence electrons. The van der Waals surface area contributed by atoms with Gasteiger partial charge in [-0.1, -0.05) is 0 Å². The predicted octanol–water partition coefficient (Wildman–Crippen LogP) is -0.430. The van der Waals surface area contributed by atoms with Crippen molar-refractivity contribution in [2.75, 3.05) is 0 Å². The van der Waals surface area contributed by atoms with E-state index in [0.29, 0.717) is 5.36 Å². The molecule has 0 fully saturated rings. The minimum absolute atomic E-state index is 0.205. The summed E-state index contributed by atoms with van der Waals surface area (Å²) >= 11 is 0. The van der Waals surface area contributed by atoms with E-state index in [2.05, 4.69) is 15.0 Å². The molecule has 1 aliphatic heterocycles. The van der Waals surface area contributed by atoms with Crippen LogP contribution in [-0.4, -0.2) is 15.9 Å². The van der Waals surface area contributed by atoms with E-state index in [-0.39, 0.29) is 5.91 Å². The summed E-state index contributed by atoms with van der Waals surface area (Å²) in [7, 11) is 0. The van der Waals surface area contributed by atoms with E-state index in [9.17, 15) is 4.79 Å². The summed E-state index contributed by atoms with van der Waals surface area (Å²) in [5.74, 6) is -0.205. The molecule has 0 saturated heterocycles. The monoisotopic (exact) mass is 183 g/mol. The fourth-order valence-corrected chi connectivity index (χ4v) is 1.53. The zero-order valence-corrected chi connectivity index (χ0v) is 7.14. The van der Waals surface area contributed by atoms with Gasteiger partial charge in [-0.2, -0.15) is 0 Å². The largest absolute Gasteiger partial charge is 0.270 e. The number of fused-ring (bicyclic) bond motifs is 2. The standard InChI is InChI=1S/C10H5N3O/c14-10-3-6-1-8-7(2-9(6)13-10)4-11-5-12-8/h1-5H. The second kappa shape index (κ2) is 2.45. The number of carbonyl (C=O) groups is 1. The summed E-state index contributed by atoms with van der Waals surface area (Å²) < 4.78 is 0. The van der Waals surface area contributed by atoms with Crippen molar-refractivity contribution in [3.63, 3.8) is 0 Å². The fraction of sp³-hybridized carbons (Fsp3) is 0. The third-order valence-electron chi connectivity index (χ3n) is 2.16. The van der Waals surface area contributed by atoms with Crippen LogP contribution < -0.4 is 10.6 Å². The van der Waals surface area contributed by atoms with Gasteiger partial charge in [0.05, 0.1) is 10.9 Å². The number of rotatable bonds is 0. The zero-order chi connectivity index (χ0) is 9.54. The van der Waals surface area contributed by atoms with Crippen molar-refractivity contribution in [2.45, 2.75) is 0 Å². The van der Waals surface area contributed by atoms with Crippen LogP contribution in [0, 0.1) is 0 Å². The quantitative estimate of drug-likeness (QED) is 0.557. The molecule has 0 spiro atoms. The van der Waals surface area contributed by atoms with Crippen LogP contribution in [0.5, 0.6) is 0 Å². The third kappa shape index (κ3) is 0.939. The van der Waals surface area contributed by atoms with Gasteiger partial charge >= 0.3 is 0 Å².